The molecule has 0 aliphatic rings. The number of nitrogens with zero attached hydrogens (tertiary/aromatic N) is 1. The molecule has 0 heterocycles. The van der Waals surface area contributed by atoms with E-state index in [2.05, 4.69) is 5.32 Å². The molecule has 1 amide bonds. The lowest BCUT2D eigenvalue weighted by molar-refractivity contribution is -0.388. The lowest BCUT2D eigenvalue weighted by atomic mass is 10.1. The smallest absolute Gasteiger partial charge is 0.382 e. The summed E-state index contributed by atoms with van der Waals surface area (Å²) in [7, 11) is 0. The third-order valence-electron chi connectivity index (χ3n) is 2.42. The number of nitro groups is 1. The van der Waals surface area contributed by atoms with Crippen molar-refractivity contribution in [3.63, 3.8) is 0 Å². The number of hydrogen-bond acceptors (Lipinski definition) is 4. The standard InChI is InChI=1S/C11H12F3N3O3/c1-6(4-10(15)18)16-7-2-3-9(17(19)20)8(5-7)11(12,13)14/h2-3,5-6,16H,4H2,1H3,(H2,15,18). The van der Waals surface area contributed by atoms with Gasteiger partial charge in [0.15, 0.2) is 0 Å². The molecule has 20 heavy (non-hydrogen) atoms. The number of benzene rings is 1. The van der Waals surface area contributed by atoms with E-state index < -0.39 is 34.3 Å². The third-order valence-corrected chi connectivity index (χ3v) is 2.42. The molecule has 0 saturated heterocycles. The van der Waals surface area contributed by atoms with Crippen LogP contribution in [0.3, 0.4) is 0 Å². The Bertz CT molecular complexity index is 531. The van der Waals surface area contributed by atoms with Crippen LogP contribution in [0.15, 0.2) is 18.2 Å². The quantitative estimate of drug-likeness (QED) is 0.642. The fourth-order valence-corrected chi connectivity index (χ4v) is 1.65. The Hall–Kier alpha value is -2.32. The summed E-state index contributed by atoms with van der Waals surface area (Å²) in [5.74, 6) is -0.608. The normalized spacial score (nSPS) is 12.8. The van der Waals surface area contributed by atoms with Crippen molar-refractivity contribution in [3.05, 3.63) is 33.9 Å². The molecule has 1 unspecified atom stereocenters. The largest absolute Gasteiger partial charge is 0.423 e. The number of nitrogens with one attached hydrogen (secondary N) is 1. The van der Waals surface area contributed by atoms with Gasteiger partial charge in [0, 0.05) is 24.2 Å². The lowest BCUT2D eigenvalue weighted by Gasteiger charge is -2.15. The van der Waals surface area contributed by atoms with Crippen LogP contribution in [-0.4, -0.2) is 16.9 Å². The molecule has 110 valence electrons. The van der Waals surface area contributed by atoms with E-state index in [0.29, 0.717) is 6.07 Å². The average molecular weight is 291 g/mol. The number of carbonyl (C=O) groups excluding carboxylic acids is 1. The number of anilines is 1. The predicted octanol–water partition coefficient (Wildman–Crippen LogP) is 2.29. The SMILES string of the molecule is CC(CC(N)=O)Nc1ccc([N+](=O)[O-])c(C(F)(F)F)c1. The molecule has 0 fully saturated rings. The van der Waals surface area contributed by atoms with E-state index in [1.165, 1.54) is 0 Å². The molecule has 0 aromatic heterocycles. The van der Waals surface area contributed by atoms with E-state index in [4.69, 9.17) is 5.73 Å². The molecule has 1 aromatic carbocycles. The van der Waals surface area contributed by atoms with Gasteiger partial charge in [-0.15, -0.1) is 0 Å². The number of primary amides is 1. The molecule has 0 saturated carbocycles. The maximum atomic E-state index is 12.7. The Balaban J connectivity index is 3.07. The number of halogens is 3. The van der Waals surface area contributed by atoms with Gasteiger partial charge in [-0.2, -0.15) is 13.2 Å². The minimum Gasteiger partial charge on any atom is -0.382 e. The number of amides is 1. The highest BCUT2D eigenvalue weighted by Crippen LogP contribution is 2.37. The van der Waals surface area contributed by atoms with Gasteiger partial charge in [-0.3, -0.25) is 14.9 Å². The van der Waals surface area contributed by atoms with E-state index in [1.807, 2.05) is 0 Å². The molecule has 0 spiro atoms. The Labute approximate surface area is 111 Å². The van der Waals surface area contributed by atoms with Crippen LogP contribution in [0.25, 0.3) is 0 Å². The molecule has 0 aliphatic carbocycles. The Morgan fingerprint density at radius 1 is 1.50 bits per heavy atom. The Kier molecular flexibility index (Phi) is 4.53. The minimum absolute atomic E-state index is 0.0247. The van der Waals surface area contributed by atoms with Gasteiger partial charge in [0.05, 0.1) is 4.92 Å². The van der Waals surface area contributed by atoms with Crippen molar-refractivity contribution < 1.29 is 22.9 Å². The fraction of sp³-hybridized carbons (Fsp3) is 0.364. The first kappa shape index (κ1) is 15.7. The summed E-state index contributed by atoms with van der Waals surface area (Å²) in [6.07, 6.45) is -4.91. The molecule has 1 aromatic rings. The zero-order valence-electron chi connectivity index (χ0n) is 10.4. The summed E-state index contributed by atoms with van der Waals surface area (Å²) in [5.41, 5.74) is 2.62. The van der Waals surface area contributed by atoms with Crippen molar-refractivity contribution in [3.8, 4) is 0 Å². The van der Waals surface area contributed by atoms with Crippen LogP contribution in [0.2, 0.25) is 0 Å². The lowest BCUT2D eigenvalue weighted by Crippen LogP contribution is -2.24. The second-order valence-corrected chi connectivity index (χ2v) is 4.20. The molecule has 0 bridgehead atoms. The van der Waals surface area contributed by atoms with E-state index in [0.717, 1.165) is 12.1 Å². The summed E-state index contributed by atoms with van der Waals surface area (Å²) in [4.78, 5) is 20.2. The van der Waals surface area contributed by atoms with Gasteiger partial charge in [0.1, 0.15) is 5.56 Å². The second kappa shape index (κ2) is 5.76. The number of hydrogen-bond donors (Lipinski definition) is 2. The number of nitrogens with two attached hydrogens (primary N) is 1. The third kappa shape index (κ3) is 4.11. The first-order valence-corrected chi connectivity index (χ1v) is 5.51. The van der Waals surface area contributed by atoms with Crippen LogP contribution in [0.5, 0.6) is 0 Å². The second-order valence-electron chi connectivity index (χ2n) is 4.20. The highest BCUT2D eigenvalue weighted by molar-refractivity contribution is 5.75. The molecule has 9 heteroatoms. The zero-order valence-corrected chi connectivity index (χ0v) is 10.4. The summed E-state index contributed by atoms with van der Waals surface area (Å²) in [6, 6.07) is 2.05. The maximum absolute atomic E-state index is 12.7. The molecule has 1 atom stereocenters. The minimum atomic E-state index is -4.84. The van der Waals surface area contributed by atoms with Crippen LogP contribution >= 0.6 is 0 Å². The maximum Gasteiger partial charge on any atom is 0.423 e. The predicted molar refractivity (Wildman–Crippen MR) is 65.0 cm³/mol. The number of carbonyl (C=O) groups is 1. The van der Waals surface area contributed by atoms with Gasteiger partial charge in [-0.05, 0) is 19.1 Å². The summed E-state index contributed by atoms with van der Waals surface area (Å²) in [6.45, 7) is 1.55. The number of alkyl halides is 3. The van der Waals surface area contributed by atoms with Gasteiger partial charge < -0.3 is 11.1 Å². The monoisotopic (exact) mass is 291 g/mol. The molecule has 0 radical (unpaired) electrons. The first-order chi connectivity index (χ1) is 9.11. The van der Waals surface area contributed by atoms with Gasteiger partial charge in [-0.25, -0.2) is 0 Å². The van der Waals surface area contributed by atoms with Gasteiger partial charge in [0.25, 0.3) is 5.69 Å². The van der Waals surface area contributed by atoms with Crippen LogP contribution in [0.1, 0.15) is 18.9 Å². The van der Waals surface area contributed by atoms with Crippen LogP contribution < -0.4 is 11.1 Å². The van der Waals surface area contributed by atoms with E-state index in [-0.39, 0.29) is 12.1 Å². The summed E-state index contributed by atoms with van der Waals surface area (Å²) < 4.78 is 38.2. The molecule has 3 N–H and O–H groups in total. The van der Waals surface area contributed by atoms with Gasteiger partial charge >= 0.3 is 6.18 Å². The number of rotatable bonds is 5. The van der Waals surface area contributed by atoms with Crippen LogP contribution in [0, 0.1) is 10.1 Å². The molecule has 0 aliphatic heterocycles. The summed E-state index contributed by atoms with van der Waals surface area (Å²) in [5, 5.41) is 13.2. The van der Waals surface area contributed by atoms with Crippen LogP contribution in [-0.2, 0) is 11.0 Å². The van der Waals surface area contributed by atoms with Crippen molar-refractivity contribution >= 4 is 17.3 Å². The zero-order chi connectivity index (χ0) is 15.5. The van der Waals surface area contributed by atoms with Crippen molar-refractivity contribution in [2.45, 2.75) is 25.6 Å². The van der Waals surface area contributed by atoms with Gasteiger partial charge in [0.2, 0.25) is 5.91 Å². The molecular weight excluding hydrogens is 279 g/mol. The summed E-state index contributed by atoms with van der Waals surface area (Å²) >= 11 is 0. The van der Waals surface area contributed by atoms with Crippen molar-refractivity contribution in [2.75, 3.05) is 5.32 Å². The molecule has 1 rings (SSSR count). The number of nitro benzene ring substituents is 1. The molecule has 6 nitrogen and oxygen atoms in total. The fourth-order valence-electron chi connectivity index (χ4n) is 1.65. The van der Waals surface area contributed by atoms with Gasteiger partial charge in [-0.1, -0.05) is 0 Å². The van der Waals surface area contributed by atoms with Crippen LogP contribution in [0.4, 0.5) is 24.5 Å². The Morgan fingerprint density at radius 2 is 2.10 bits per heavy atom. The average Bonchev–Trinajstić information content (AvgIpc) is 2.25. The van der Waals surface area contributed by atoms with Crippen molar-refractivity contribution in [1.29, 1.82) is 0 Å². The van der Waals surface area contributed by atoms with E-state index in [1.54, 1.807) is 6.92 Å². The van der Waals surface area contributed by atoms with E-state index >= 15 is 0 Å². The first-order valence-electron chi connectivity index (χ1n) is 5.51. The van der Waals surface area contributed by atoms with E-state index in [9.17, 15) is 28.1 Å². The molecular formula is C11H12F3N3O3. The van der Waals surface area contributed by atoms with Crippen molar-refractivity contribution in [1.82, 2.24) is 0 Å². The van der Waals surface area contributed by atoms with Crippen molar-refractivity contribution in [2.24, 2.45) is 5.73 Å². The Morgan fingerprint density at radius 3 is 2.55 bits per heavy atom. The highest BCUT2D eigenvalue weighted by atomic mass is 19.4. The highest BCUT2D eigenvalue weighted by Gasteiger charge is 2.38. The topological polar surface area (TPSA) is 98.3 Å².